The third-order valence-corrected chi connectivity index (χ3v) is 5.77. The zero-order valence-electron chi connectivity index (χ0n) is 18.7. The molecular formula is C23H25F2N5O4. The molecule has 5 N–H and O–H groups in total. The Kier molecular flexibility index (Phi) is 6.44. The summed E-state index contributed by atoms with van der Waals surface area (Å²) in [6.45, 7) is 0.954. The van der Waals surface area contributed by atoms with Crippen molar-refractivity contribution in [2.75, 3.05) is 27.3 Å². The van der Waals surface area contributed by atoms with E-state index >= 15 is 0 Å². The maximum atomic E-state index is 14.5. The van der Waals surface area contributed by atoms with Gasteiger partial charge in [0.25, 0.3) is 5.88 Å². The molecule has 4 rings (SSSR count). The van der Waals surface area contributed by atoms with E-state index in [-0.39, 0.29) is 28.9 Å². The summed E-state index contributed by atoms with van der Waals surface area (Å²) in [5.74, 6) is -1.74. The van der Waals surface area contributed by atoms with Crippen molar-refractivity contribution in [3.8, 4) is 11.6 Å². The van der Waals surface area contributed by atoms with E-state index in [9.17, 15) is 13.6 Å². The Labute approximate surface area is 195 Å². The van der Waals surface area contributed by atoms with Crippen LogP contribution in [-0.2, 0) is 4.74 Å². The van der Waals surface area contributed by atoms with Gasteiger partial charge in [-0.25, -0.2) is 18.6 Å². The predicted molar refractivity (Wildman–Crippen MR) is 119 cm³/mol. The van der Waals surface area contributed by atoms with Crippen molar-refractivity contribution in [3.63, 3.8) is 0 Å². The van der Waals surface area contributed by atoms with Gasteiger partial charge in [-0.05, 0) is 24.3 Å². The molecule has 1 saturated heterocycles. The smallest absolute Gasteiger partial charge is 0.339 e. The van der Waals surface area contributed by atoms with E-state index in [0.29, 0.717) is 36.6 Å². The highest BCUT2D eigenvalue weighted by molar-refractivity contribution is 5.88. The van der Waals surface area contributed by atoms with Crippen LogP contribution in [0.2, 0.25) is 0 Å². The molecule has 180 valence electrons. The second-order valence-corrected chi connectivity index (χ2v) is 7.88. The third-order valence-electron chi connectivity index (χ3n) is 5.77. The average molecular weight is 473 g/mol. The molecule has 11 heteroatoms. The molecule has 3 heterocycles. The topological polar surface area (TPSA) is 125 Å². The molecule has 0 saturated carbocycles. The number of carbonyl (C=O) groups is 1. The Morgan fingerprint density at radius 1 is 1.29 bits per heavy atom. The second-order valence-electron chi connectivity index (χ2n) is 7.88. The van der Waals surface area contributed by atoms with E-state index in [1.54, 1.807) is 18.2 Å². The summed E-state index contributed by atoms with van der Waals surface area (Å²) in [5, 5.41) is 3.14. The number of nitrogens with zero attached hydrogens (tertiary/aromatic N) is 2. The van der Waals surface area contributed by atoms with Crippen LogP contribution in [0.15, 0.2) is 48.1 Å². The number of methoxy groups -OCH3 is 2. The monoisotopic (exact) mass is 473 g/mol. The fourth-order valence-electron chi connectivity index (χ4n) is 4.15. The van der Waals surface area contributed by atoms with E-state index in [1.165, 1.54) is 26.5 Å². The summed E-state index contributed by atoms with van der Waals surface area (Å²) in [6, 6.07) is 5.51. The molecule has 0 radical (unpaired) electrons. The quantitative estimate of drug-likeness (QED) is 0.538. The Balaban J connectivity index is 1.54. The van der Waals surface area contributed by atoms with Gasteiger partial charge >= 0.3 is 5.97 Å². The number of nitrogens with one attached hydrogen (secondary N) is 1. The lowest BCUT2D eigenvalue weighted by molar-refractivity contribution is 0.0599. The fraction of sp³-hybridized carbons (Fsp3) is 0.304. The number of benzene rings is 1. The number of allylic oxidation sites excluding steroid dienone is 1. The van der Waals surface area contributed by atoms with Crippen LogP contribution in [0.1, 0.15) is 22.3 Å². The maximum Gasteiger partial charge on any atom is 0.339 e. The number of carbonyl (C=O) groups excluding carboxylic acids is 1. The third kappa shape index (κ3) is 4.41. The van der Waals surface area contributed by atoms with Crippen molar-refractivity contribution in [1.82, 2.24) is 15.2 Å². The molecular weight excluding hydrogens is 448 g/mol. The number of ether oxygens (including phenoxy) is 3. The number of aromatic nitrogens is 1. The average Bonchev–Trinajstić information content (AvgIpc) is 3.24. The van der Waals surface area contributed by atoms with Crippen LogP contribution in [0.25, 0.3) is 5.70 Å². The minimum atomic E-state index is -0.761. The summed E-state index contributed by atoms with van der Waals surface area (Å²) in [4.78, 5) is 17.5. The number of para-hydroxylation sites is 1. The van der Waals surface area contributed by atoms with Crippen LogP contribution in [0.4, 0.5) is 8.78 Å². The molecule has 1 aromatic heterocycles. The van der Waals surface area contributed by atoms with E-state index in [4.69, 9.17) is 20.9 Å². The zero-order chi connectivity index (χ0) is 24.4. The molecule has 2 aliphatic heterocycles. The van der Waals surface area contributed by atoms with Gasteiger partial charge in [-0.1, -0.05) is 6.07 Å². The van der Waals surface area contributed by atoms with Crippen LogP contribution in [0.3, 0.4) is 0 Å². The zero-order valence-corrected chi connectivity index (χ0v) is 18.7. The lowest BCUT2D eigenvalue weighted by atomic mass is 10.1. The minimum Gasteiger partial charge on any atom is -0.493 e. The number of fused-ring (bicyclic) bond motifs is 1. The molecule has 2 unspecified atom stereocenters. The minimum absolute atomic E-state index is 0.00292. The van der Waals surface area contributed by atoms with Crippen molar-refractivity contribution in [2.45, 2.75) is 18.6 Å². The van der Waals surface area contributed by atoms with Crippen LogP contribution in [-0.4, -0.2) is 55.3 Å². The van der Waals surface area contributed by atoms with E-state index < -0.39 is 23.7 Å². The summed E-state index contributed by atoms with van der Waals surface area (Å²) in [7, 11) is 2.57. The van der Waals surface area contributed by atoms with Gasteiger partial charge in [0.15, 0.2) is 17.4 Å². The number of pyridine rings is 1. The predicted octanol–water partition coefficient (Wildman–Crippen LogP) is 1.71. The van der Waals surface area contributed by atoms with Crippen LogP contribution in [0.5, 0.6) is 11.6 Å². The number of rotatable bonds is 6. The van der Waals surface area contributed by atoms with Crippen molar-refractivity contribution in [1.29, 1.82) is 0 Å². The Hall–Kier alpha value is -4.02. The first-order valence-electron chi connectivity index (χ1n) is 10.5. The molecule has 1 aromatic carbocycles. The Morgan fingerprint density at radius 3 is 2.79 bits per heavy atom. The van der Waals surface area contributed by atoms with Gasteiger partial charge in [-0.2, -0.15) is 0 Å². The van der Waals surface area contributed by atoms with Crippen LogP contribution >= 0.6 is 0 Å². The normalized spacial score (nSPS) is 20.0. The lowest BCUT2D eigenvalue weighted by Crippen LogP contribution is -2.45. The van der Waals surface area contributed by atoms with Crippen molar-refractivity contribution in [2.24, 2.45) is 11.5 Å². The van der Waals surface area contributed by atoms with Gasteiger partial charge in [-0.15, -0.1) is 0 Å². The number of halogens is 2. The number of nitrogens with two attached hydrogens (primary N) is 2. The molecule has 2 aliphatic rings. The first-order valence-corrected chi connectivity index (χ1v) is 10.5. The maximum absolute atomic E-state index is 14.5. The summed E-state index contributed by atoms with van der Waals surface area (Å²) in [5.41, 5.74) is 13.8. The highest BCUT2D eigenvalue weighted by Gasteiger charge is 2.38. The van der Waals surface area contributed by atoms with Crippen molar-refractivity contribution < 1.29 is 27.8 Å². The number of hydrogen-bond donors (Lipinski definition) is 3. The van der Waals surface area contributed by atoms with E-state index in [2.05, 4.69) is 15.0 Å². The molecule has 2 atom stereocenters. The van der Waals surface area contributed by atoms with Crippen LogP contribution in [0, 0.1) is 11.6 Å². The highest BCUT2D eigenvalue weighted by Crippen LogP contribution is 2.32. The van der Waals surface area contributed by atoms with Gasteiger partial charge in [0.05, 0.1) is 38.1 Å². The first-order chi connectivity index (χ1) is 16.3. The SMILES string of the molecule is COC(=O)c1cnc(OC2CC3CNC(N)=C(/C=C(\N)c4cccc(F)c4OC)N3C2)c(F)c1. The summed E-state index contributed by atoms with van der Waals surface area (Å²) >= 11 is 0. The van der Waals surface area contributed by atoms with E-state index in [1.807, 2.05) is 4.90 Å². The standard InChI is InChI=1S/C23H25F2N5O4/c1-32-20-15(4-3-5-16(20)24)18(26)8-19-21(27)28-10-13-7-14(11-30(13)19)34-22-17(25)6-12(9-29-22)23(31)33-2/h3-6,8-9,13-14,28H,7,10-11,26-27H2,1-2H3/b18-8-. The summed E-state index contributed by atoms with van der Waals surface area (Å²) in [6.07, 6.45) is 3.03. The Morgan fingerprint density at radius 2 is 2.09 bits per heavy atom. The Bertz CT molecular complexity index is 1170. The van der Waals surface area contributed by atoms with Crippen LogP contribution < -0.4 is 26.3 Å². The van der Waals surface area contributed by atoms with Crippen molar-refractivity contribution in [3.05, 3.63) is 70.8 Å². The first kappa shape index (κ1) is 23.1. The molecule has 0 aliphatic carbocycles. The second kappa shape index (κ2) is 9.46. The lowest BCUT2D eigenvalue weighted by Gasteiger charge is -2.34. The molecule has 0 bridgehead atoms. The summed E-state index contributed by atoms with van der Waals surface area (Å²) < 4.78 is 44.1. The molecule has 2 aromatic rings. The van der Waals surface area contributed by atoms with Gasteiger partial charge in [0, 0.05) is 30.4 Å². The van der Waals surface area contributed by atoms with Gasteiger partial charge in [-0.3, -0.25) is 0 Å². The molecule has 0 spiro atoms. The van der Waals surface area contributed by atoms with Crippen molar-refractivity contribution >= 4 is 11.7 Å². The largest absolute Gasteiger partial charge is 0.493 e. The number of esters is 1. The van der Waals surface area contributed by atoms with E-state index in [0.717, 1.165) is 6.07 Å². The highest BCUT2D eigenvalue weighted by atomic mass is 19.1. The van der Waals surface area contributed by atoms with Gasteiger partial charge in [0.2, 0.25) is 0 Å². The fourth-order valence-corrected chi connectivity index (χ4v) is 4.15. The molecule has 9 nitrogen and oxygen atoms in total. The number of hydrogen-bond acceptors (Lipinski definition) is 9. The molecule has 0 amide bonds. The van der Waals surface area contributed by atoms with Gasteiger partial charge < -0.3 is 35.9 Å². The molecule has 1 fully saturated rings. The van der Waals surface area contributed by atoms with Gasteiger partial charge in [0.1, 0.15) is 11.9 Å². The molecule has 34 heavy (non-hydrogen) atoms.